The number of urea groups is 1. The minimum atomic E-state index is -0.265. The zero-order valence-corrected chi connectivity index (χ0v) is 14.7. The molecule has 2 aromatic rings. The Balaban J connectivity index is 2.02. The van der Waals surface area contributed by atoms with E-state index in [0.29, 0.717) is 5.69 Å². The van der Waals surface area contributed by atoms with Crippen molar-refractivity contribution < 1.29 is 9.53 Å². The van der Waals surface area contributed by atoms with Crippen molar-refractivity contribution >= 4 is 23.1 Å². The molecule has 0 aliphatic heterocycles. The van der Waals surface area contributed by atoms with Gasteiger partial charge in [-0.25, -0.2) is 4.79 Å². The van der Waals surface area contributed by atoms with Crippen molar-refractivity contribution in [3.8, 4) is 5.75 Å². The Morgan fingerprint density at radius 2 is 1.71 bits per heavy atom. The number of benzene rings is 2. The van der Waals surface area contributed by atoms with Crippen LogP contribution in [0.15, 0.2) is 42.5 Å². The van der Waals surface area contributed by atoms with Gasteiger partial charge in [-0.2, -0.15) is 0 Å². The summed E-state index contributed by atoms with van der Waals surface area (Å²) in [5, 5.41) is 5.70. The number of aryl methyl sites for hydroxylation is 1. The molecule has 0 spiro atoms. The molecule has 0 heterocycles. The van der Waals surface area contributed by atoms with Crippen LogP contribution in [0.4, 0.5) is 21.9 Å². The molecule has 0 saturated carbocycles. The van der Waals surface area contributed by atoms with E-state index in [0.717, 1.165) is 30.1 Å². The molecule has 0 unspecified atom stereocenters. The van der Waals surface area contributed by atoms with Crippen LogP contribution in [0.3, 0.4) is 0 Å². The first-order chi connectivity index (χ1) is 11.6. The first-order valence-electron chi connectivity index (χ1n) is 8.15. The van der Waals surface area contributed by atoms with Crippen molar-refractivity contribution in [3.63, 3.8) is 0 Å². The van der Waals surface area contributed by atoms with E-state index in [1.807, 2.05) is 19.1 Å². The van der Waals surface area contributed by atoms with Crippen LogP contribution in [0.25, 0.3) is 0 Å². The number of methoxy groups -OCH3 is 1. The van der Waals surface area contributed by atoms with Crippen molar-refractivity contribution in [3.05, 3.63) is 48.0 Å². The number of hydrogen-bond donors (Lipinski definition) is 2. The number of ether oxygens (including phenoxy) is 1. The van der Waals surface area contributed by atoms with Gasteiger partial charge in [0.05, 0.1) is 7.11 Å². The van der Waals surface area contributed by atoms with Gasteiger partial charge in [-0.3, -0.25) is 0 Å². The molecule has 2 N–H and O–H groups in total. The second-order valence-electron chi connectivity index (χ2n) is 5.48. The first-order valence-corrected chi connectivity index (χ1v) is 8.15. The second-order valence-corrected chi connectivity index (χ2v) is 5.48. The number of carbonyl (C=O) groups excluding carboxylic acids is 1. The van der Waals surface area contributed by atoms with E-state index in [-0.39, 0.29) is 6.03 Å². The zero-order valence-electron chi connectivity index (χ0n) is 14.7. The van der Waals surface area contributed by atoms with Crippen molar-refractivity contribution in [2.45, 2.75) is 20.8 Å². The number of nitrogens with zero attached hydrogens (tertiary/aromatic N) is 1. The zero-order chi connectivity index (χ0) is 17.5. The summed E-state index contributed by atoms with van der Waals surface area (Å²) in [5.41, 5.74) is 3.71. The maximum Gasteiger partial charge on any atom is 0.323 e. The molecular formula is C19H25N3O2. The number of amides is 2. The molecule has 2 aromatic carbocycles. The van der Waals surface area contributed by atoms with Crippen LogP contribution in [0.5, 0.6) is 5.75 Å². The third-order valence-electron chi connectivity index (χ3n) is 3.93. The van der Waals surface area contributed by atoms with Crippen LogP contribution in [0, 0.1) is 6.92 Å². The number of anilines is 3. The lowest BCUT2D eigenvalue weighted by Gasteiger charge is -2.22. The van der Waals surface area contributed by atoms with Crippen molar-refractivity contribution in [2.75, 3.05) is 35.7 Å². The summed E-state index contributed by atoms with van der Waals surface area (Å²) in [6.07, 6.45) is 0. The fourth-order valence-corrected chi connectivity index (χ4v) is 2.53. The first kappa shape index (κ1) is 17.7. The predicted molar refractivity (Wildman–Crippen MR) is 100 cm³/mol. The Morgan fingerprint density at radius 1 is 1.04 bits per heavy atom. The van der Waals surface area contributed by atoms with Gasteiger partial charge >= 0.3 is 6.03 Å². The molecular weight excluding hydrogens is 302 g/mol. The van der Waals surface area contributed by atoms with Gasteiger partial charge < -0.3 is 20.3 Å². The van der Waals surface area contributed by atoms with Crippen LogP contribution >= 0.6 is 0 Å². The maximum atomic E-state index is 12.2. The van der Waals surface area contributed by atoms with E-state index in [1.165, 1.54) is 5.69 Å². The SMILES string of the molecule is CCN(CC)c1ccc(NC(=O)Nc2ccc(OC)cc2)c(C)c1. The Morgan fingerprint density at radius 3 is 2.25 bits per heavy atom. The molecule has 0 aliphatic rings. The Kier molecular flexibility index (Phi) is 6.07. The van der Waals surface area contributed by atoms with E-state index < -0.39 is 0 Å². The molecule has 0 saturated heterocycles. The topological polar surface area (TPSA) is 53.6 Å². The van der Waals surface area contributed by atoms with E-state index in [2.05, 4.69) is 35.4 Å². The number of rotatable bonds is 6. The third kappa shape index (κ3) is 4.41. The van der Waals surface area contributed by atoms with E-state index in [1.54, 1.807) is 31.4 Å². The average molecular weight is 327 g/mol. The Bertz CT molecular complexity index is 680. The monoisotopic (exact) mass is 327 g/mol. The van der Waals surface area contributed by atoms with Gasteiger partial charge in [-0.05, 0) is 68.8 Å². The standard InChI is InChI=1S/C19H25N3O2/c1-5-22(6-2)16-9-12-18(14(3)13-16)21-19(23)20-15-7-10-17(24-4)11-8-15/h7-13H,5-6H2,1-4H3,(H2,20,21,23). The molecule has 0 aliphatic carbocycles. The normalized spacial score (nSPS) is 10.2. The van der Waals surface area contributed by atoms with Crippen molar-refractivity contribution in [1.29, 1.82) is 0 Å². The summed E-state index contributed by atoms with van der Waals surface area (Å²) >= 11 is 0. The van der Waals surface area contributed by atoms with E-state index in [4.69, 9.17) is 4.74 Å². The second kappa shape index (κ2) is 8.24. The van der Waals surface area contributed by atoms with Gasteiger partial charge in [0.15, 0.2) is 0 Å². The van der Waals surface area contributed by atoms with Gasteiger partial charge in [0.2, 0.25) is 0 Å². The fraction of sp³-hybridized carbons (Fsp3) is 0.316. The van der Waals surface area contributed by atoms with Gasteiger partial charge in [0, 0.05) is 30.2 Å². The number of carbonyl (C=O) groups is 1. The molecule has 0 radical (unpaired) electrons. The van der Waals surface area contributed by atoms with Gasteiger partial charge in [-0.15, -0.1) is 0 Å². The van der Waals surface area contributed by atoms with Crippen molar-refractivity contribution in [2.24, 2.45) is 0 Å². The highest BCUT2D eigenvalue weighted by atomic mass is 16.5. The molecule has 128 valence electrons. The number of hydrogen-bond acceptors (Lipinski definition) is 3. The largest absolute Gasteiger partial charge is 0.497 e. The molecule has 24 heavy (non-hydrogen) atoms. The summed E-state index contributed by atoms with van der Waals surface area (Å²) in [6.45, 7) is 8.18. The van der Waals surface area contributed by atoms with Crippen molar-refractivity contribution in [1.82, 2.24) is 0 Å². The lowest BCUT2D eigenvalue weighted by atomic mass is 10.1. The molecule has 0 atom stereocenters. The highest BCUT2D eigenvalue weighted by Crippen LogP contribution is 2.23. The highest BCUT2D eigenvalue weighted by molar-refractivity contribution is 6.00. The van der Waals surface area contributed by atoms with Crippen LogP contribution < -0.4 is 20.3 Å². The summed E-state index contributed by atoms with van der Waals surface area (Å²) in [7, 11) is 1.61. The lowest BCUT2D eigenvalue weighted by molar-refractivity contribution is 0.262. The van der Waals surface area contributed by atoms with Crippen LogP contribution in [0.2, 0.25) is 0 Å². The van der Waals surface area contributed by atoms with Gasteiger partial charge in [0.25, 0.3) is 0 Å². The average Bonchev–Trinajstić information content (AvgIpc) is 2.59. The Labute approximate surface area is 143 Å². The van der Waals surface area contributed by atoms with Crippen LogP contribution in [-0.4, -0.2) is 26.2 Å². The van der Waals surface area contributed by atoms with E-state index >= 15 is 0 Å². The smallest absolute Gasteiger partial charge is 0.323 e. The number of nitrogens with one attached hydrogen (secondary N) is 2. The molecule has 0 aromatic heterocycles. The van der Waals surface area contributed by atoms with E-state index in [9.17, 15) is 4.79 Å². The minimum absolute atomic E-state index is 0.265. The third-order valence-corrected chi connectivity index (χ3v) is 3.93. The summed E-state index contributed by atoms with van der Waals surface area (Å²) < 4.78 is 5.10. The molecule has 2 rings (SSSR count). The maximum absolute atomic E-state index is 12.2. The molecule has 5 heteroatoms. The molecule has 0 fully saturated rings. The van der Waals surface area contributed by atoms with Gasteiger partial charge in [-0.1, -0.05) is 0 Å². The predicted octanol–water partition coefficient (Wildman–Crippen LogP) is 4.49. The quantitative estimate of drug-likeness (QED) is 0.821. The Hall–Kier alpha value is -2.69. The summed E-state index contributed by atoms with van der Waals surface area (Å²) in [6, 6.07) is 13.0. The van der Waals surface area contributed by atoms with Crippen LogP contribution in [-0.2, 0) is 0 Å². The summed E-state index contributed by atoms with van der Waals surface area (Å²) in [5.74, 6) is 0.754. The molecule has 5 nitrogen and oxygen atoms in total. The van der Waals surface area contributed by atoms with Gasteiger partial charge in [0.1, 0.15) is 5.75 Å². The minimum Gasteiger partial charge on any atom is -0.497 e. The highest BCUT2D eigenvalue weighted by Gasteiger charge is 2.08. The van der Waals surface area contributed by atoms with Crippen LogP contribution in [0.1, 0.15) is 19.4 Å². The lowest BCUT2D eigenvalue weighted by Crippen LogP contribution is -2.22. The molecule has 2 amide bonds. The molecule has 0 bridgehead atoms. The summed E-state index contributed by atoms with van der Waals surface area (Å²) in [4.78, 5) is 14.4. The fourth-order valence-electron chi connectivity index (χ4n) is 2.53.